The zero-order valence-corrected chi connectivity index (χ0v) is 11.7. The molecule has 9 heteroatoms. The molecule has 0 aliphatic carbocycles. The van der Waals surface area contributed by atoms with Crippen LogP contribution in [0.25, 0.3) is 0 Å². The third kappa shape index (κ3) is 3.97. The first kappa shape index (κ1) is 14.9. The van der Waals surface area contributed by atoms with E-state index in [2.05, 4.69) is 20.0 Å². The smallest absolute Gasteiger partial charge is 0.264 e. The van der Waals surface area contributed by atoms with Crippen LogP contribution >= 0.6 is 0 Å². The molecule has 110 valence electrons. The highest BCUT2D eigenvalue weighted by Crippen LogP contribution is 2.16. The fraction of sp³-hybridized carbons (Fsp3) is 0.0833. The van der Waals surface area contributed by atoms with Gasteiger partial charge in [0.2, 0.25) is 11.9 Å². The van der Waals surface area contributed by atoms with E-state index in [9.17, 15) is 13.2 Å². The van der Waals surface area contributed by atoms with E-state index in [0.717, 1.165) is 0 Å². The summed E-state index contributed by atoms with van der Waals surface area (Å²) < 4.78 is 26.4. The zero-order valence-electron chi connectivity index (χ0n) is 10.9. The predicted molar refractivity (Wildman–Crippen MR) is 77.0 cm³/mol. The van der Waals surface area contributed by atoms with Gasteiger partial charge < -0.3 is 11.1 Å². The van der Waals surface area contributed by atoms with Gasteiger partial charge in [0.15, 0.2) is 0 Å². The molecule has 0 aliphatic rings. The van der Waals surface area contributed by atoms with Gasteiger partial charge in [-0.15, -0.1) is 0 Å². The molecule has 0 saturated carbocycles. The molecule has 1 aromatic carbocycles. The quantitative estimate of drug-likeness (QED) is 0.723. The van der Waals surface area contributed by atoms with Gasteiger partial charge in [0.25, 0.3) is 10.0 Å². The molecule has 1 aromatic heterocycles. The Hall–Kier alpha value is -2.52. The summed E-state index contributed by atoms with van der Waals surface area (Å²) in [6.07, 6.45) is 2.85. The summed E-state index contributed by atoms with van der Waals surface area (Å²) in [5.74, 6) is -0.376. The number of nitrogens with zero attached hydrogens (tertiary/aromatic N) is 2. The molecule has 0 unspecified atom stereocenters. The lowest BCUT2D eigenvalue weighted by Crippen LogP contribution is -2.21. The molecule has 0 bridgehead atoms. The maximum atomic E-state index is 12.1. The fourth-order valence-corrected chi connectivity index (χ4v) is 2.42. The average Bonchev–Trinajstić information content (AvgIpc) is 2.48. The molecule has 0 saturated heterocycles. The molecule has 0 fully saturated rings. The van der Waals surface area contributed by atoms with Gasteiger partial charge in [-0.3, -0.25) is 4.79 Å². The predicted octanol–water partition coefficient (Wildman–Crippen LogP) is 0.175. The topological polar surface area (TPSA) is 127 Å². The molecule has 1 amide bonds. The first-order valence-electron chi connectivity index (χ1n) is 5.91. The third-order valence-corrected chi connectivity index (χ3v) is 3.77. The summed E-state index contributed by atoms with van der Waals surface area (Å²) in [6.45, 7) is -0.146. The molecule has 4 N–H and O–H groups in total. The van der Waals surface area contributed by atoms with Crippen molar-refractivity contribution >= 4 is 27.6 Å². The van der Waals surface area contributed by atoms with E-state index < -0.39 is 10.0 Å². The lowest BCUT2D eigenvalue weighted by molar-refractivity contribution is -0.114. The SMILES string of the molecule is NCC(=O)Nc1ccc(S(=O)(=O)Nc2ncccn2)cc1. The fourth-order valence-electron chi connectivity index (χ4n) is 1.46. The van der Waals surface area contributed by atoms with Gasteiger partial charge in [0.1, 0.15) is 0 Å². The van der Waals surface area contributed by atoms with Crippen LogP contribution in [0.3, 0.4) is 0 Å². The number of nitrogens with one attached hydrogen (secondary N) is 2. The number of aromatic nitrogens is 2. The monoisotopic (exact) mass is 307 g/mol. The van der Waals surface area contributed by atoms with Gasteiger partial charge in [0.05, 0.1) is 11.4 Å². The van der Waals surface area contributed by atoms with Crippen LogP contribution in [0.15, 0.2) is 47.6 Å². The van der Waals surface area contributed by atoms with E-state index >= 15 is 0 Å². The Morgan fingerprint density at radius 3 is 2.33 bits per heavy atom. The van der Waals surface area contributed by atoms with Crippen LogP contribution in [0, 0.1) is 0 Å². The van der Waals surface area contributed by atoms with Crippen LogP contribution in [-0.4, -0.2) is 30.8 Å². The van der Waals surface area contributed by atoms with Crippen molar-refractivity contribution in [2.75, 3.05) is 16.6 Å². The zero-order chi connectivity index (χ0) is 15.3. The number of rotatable bonds is 5. The number of amides is 1. The lowest BCUT2D eigenvalue weighted by atomic mass is 10.3. The summed E-state index contributed by atoms with van der Waals surface area (Å²) in [5.41, 5.74) is 5.63. The van der Waals surface area contributed by atoms with Crippen LogP contribution in [0.4, 0.5) is 11.6 Å². The standard InChI is InChI=1S/C12H13N5O3S/c13-8-11(18)16-9-2-4-10(5-3-9)21(19,20)17-12-14-6-1-7-15-12/h1-7H,8,13H2,(H,16,18)(H,14,15,17). The second-order valence-corrected chi connectivity index (χ2v) is 5.64. The van der Waals surface area contributed by atoms with E-state index in [1.807, 2.05) is 0 Å². The second-order valence-electron chi connectivity index (χ2n) is 3.95. The number of nitrogens with two attached hydrogens (primary N) is 1. The number of hydrogen-bond donors (Lipinski definition) is 3. The third-order valence-electron chi connectivity index (χ3n) is 2.43. The number of anilines is 2. The van der Waals surface area contributed by atoms with Crippen molar-refractivity contribution in [2.45, 2.75) is 4.90 Å². The molecular formula is C12H13N5O3S. The summed E-state index contributed by atoms with van der Waals surface area (Å²) in [6, 6.07) is 7.23. The largest absolute Gasteiger partial charge is 0.325 e. The van der Waals surface area contributed by atoms with E-state index in [1.54, 1.807) is 6.07 Å². The lowest BCUT2D eigenvalue weighted by Gasteiger charge is -2.07. The van der Waals surface area contributed by atoms with E-state index in [-0.39, 0.29) is 23.3 Å². The van der Waals surface area contributed by atoms with Crippen LogP contribution in [0.1, 0.15) is 0 Å². The molecule has 0 spiro atoms. The molecule has 2 aromatic rings. The summed E-state index contributed by atoms with van der Waals surface area (Å²) >= 11 is 0. The van der Waals surface area contributed by atoms with Gasteiger partial charge in [-0.1, -0.05) is 0 Å². The Labute approximate surface area is 121 Å². The Balaban J connectivity index is 2.15. The number of benzene rings is 1. The molecule has 1 heterocycles. The van der Waals surface area contributed by atoms with E-state index in [1.165, 1.54) is 36.7 Å². The Morgan fingerprint density at radius 1 is 1.14 bits per heavy atom. The van der Waals surface area contributed by atoms with E-state index in [4.69, 9.17) is 5.73 Å². The highest BCUT2D eigenvalue weighted by Gasteiger charge is 2.15. The van der Waals surface area contributed by atoms with Crippen molar-refractivity contribution in [3.05, 3.63) is 42.7 Å². The van der Waals surface area contributed by atoms with Crippen molar-refractivity contribution in [1.29, 1.82) is 0 Å². The minimum absolute atomic E-state index is 0.0157. The van der Waals surface area contributed by atoms with Crippen molar-refractivity contribution in [1.82, 2.24) is 9.97 Å². The summed E-state index contributed by atoms with van der Waals surface area (Å²) in [7, 11) is -3.78. The first-order valence-corrected chi connectivity index (χ1v) is 7.39. The average molecular weight is 307 g/mol. The molecule has 0 radical (unpaired) electrons. The normalized spacial score (nSPS) is 10.9. The van der Waals surface area contributed by atoms with Gasteiger partial charge >= 0.3 is 0 Å². The Bertz CT molecular complexity index is 716. The van der Waals surface area contributed by atoms with Crippen molar-refractivity contribution in [2.24, 2.45) is 5.73 Å². The maximum absolute atomic E-state index is 12.1. The van der Waals surface area contributed by atoms with Gasteiger partial charge in [0, 0.05) is 18.1 Å². The Morgan fingerprint density at radius 2 is 1.76 bits per heavy atom. The van der Waals surface area contributed by atoms with Crippen molar-refractivity contribution in [3.63, 3.8) is 0 Å². The van der Waals surface area contributed by atoms with Crippen LogP contribution in [0.2, 0.25) is 0 Å². The van der Waals surface area contributed by atoms with Crippen LogP contribution < -0.4 is 15.8 Å². The summed E-state index contributed by atoms with van der Waals surface area (Å²) in [5, 5.41) is 2.52. The minimum Gasteiger partial charge on any atom is -0.325 e. The highest BCUT2D eigenvalue weighted by atomic mass is 32.2. The minimum atomic E-state index is -3.78. The second kappa shape index (κ2) is 6.29. The number of hydrogen-bond acceptors (Lipinski definition) is 6. The molecular weight excluding hydrogens is 294 g/mol. The van der Waals surface area contributed by atoms with Crippen LogP contribution in [-0.2, 0) is 14.8 Å². The first-order chi connectivity index (χ1) is 10.0. The van der Waals surface area contributed by atoms with Crippen LogP contribution in [0.5, 0.6) is 0 Å². The summed E-state index contributed by atoms with van der Waals surface area (Å²) in [4.78, 5) is 18.7. The molecule has 0 atom stereocenters. The highest BCUT2D eigenvalue weighted by molar-refractivity contribution is 7.92. The Kier molecular flexibility index (Phi) is 4.45. The molecule has 21 heavy (non-hydrogen) atoms. The van der Waals surface area contributed by atoms with Gasteiger partial charge in [-0.05, 0) is 30.3 Å². The molecule has 0 aliphatic heterocycles. The number of carbonyl (C=O) groups is 1. The number of sulfonamides is 1. The van der Waals surface area contributed by atoms with E-state index in [0.29, 0.717) is 5.69 Å². The van der Waals surface area contributed by atoms with Crippen molar-refractivity contribution < 1.29 is 13.2 Å². The maximum Gasteiger partial charge on any atom is 0.264 e. The van der Waals surface area contributed by atoms with Gasteiger partial charge in [-0.2, -0.15) is 0 Å². The van der Waals surface area contributed by atoms with Crippen molar-refractivity contribution in [3.8, 4) is 0 Å². The molecule has 8 nitrogen and oxygen atoms in total. The molecule has 2 rings (SSSR count). The van der Waals surface area contributed by atoms with Gasteiger partial charge in [-0.25, -0.2) is 23.1 Å². The number of carbonyl (C=O) groups excluding carboxylic acids is 1.